The maximum absolute atomic E-state index is 5.53. The van der Waals surface area contributed by atoms with Crippen molar-refractivity contribution in [3.8, 4) is 0 Å². The zero-order valence-electron chi connectivity index (χ0n) is 10.8. The Labute approximate surface area is 121 Å². The fraction of sp³-hybridized carbons (Fsp3) is 0.462. The van der Waals surface area contributed by atoms with Gasteiger partial charge in [-0.1, -0.05) is 44.2 Å². The van der Waals surface area contributed by atoms with Crippen LogP contribution in [0.25, 0.3) is 0 Å². The Kier molecular flexibility index (Phi) is 10.4. The smallest absolute Gasteiger partial charge is 0.274 e. The molecule has 0 aromatic heterocycles. The summed E-state index contributed by atoms with van der Waals surface area (Å²) in [4.78, 5) is 2.27. The van der Waals surface area contributed by atoms with E-state index in [1.54, 1.807) is 0 Å². The van der Waals surface area contributed by atoms with Gasteiger partial charge in [-0.25, -0.2) is 4.29 Å². The third-order valence-corrected chi connectivity index (χ3v) is 2.75. The molecule has 0 saturated carbocycles. The fourth-order valence-corrected chi connectivity index (χ4v) is 1.67. The second-order valence-corrected chi connectivity index (χ2v) is 3.76. The molecule has 0 unspecified atom stereocenters. The van der Waals surface area contributed by atoms with E-state index in [0.717, 1.165) is 25.2 Å². The van der Waals surface area contributed by atoms with E-state index in [1.165, 1.54) is 0 Å². The number of likely N-dealkylation sites (N-methyl/N-ethyl adjacent to an activating group) is 1. The molecule has 0 fully saturated rings. The molecule has 18 heavy (non-hydrogen) atoms. The van der Waals surface area contributed by atoms with Crippen molar-refractivity contribution in [3.05, 3.63) is 42.2 Å². The van der Waals surface area contributed by atoms with Crippen molar-refractivity contribution < 1.29 is 9.03 Å². The van der Waals surface area contributed by atoms with E-state index >= 15 is 0 Å². The molecule has 0 atom stereocenters. The van der Waals surface area contributed by atoms with Crippen molar-refractivity contribution in [2.24, 2.45) is 0 Å². The van der Waals surface area contributed by atoms with Gasteiger partial charge in [-0.3, -0.25) is 0 Å². The lowest BCUT2D eigenvalue weighted by Gasteiger charge is -2.19. The van der Waals surface area contributed by atoms with Crippen LogP contribution in [0.15, 0.2) is 30.3 Å². The second kappa shape index (κ2) is 10.6. The first-order valence-corrected chi connectivity index (χ1v) is 6.18. The lowest BCUT2D eigenvalue weighted by atomic mass is 10.2. The molecule has 0 N–H and O–H groups in total. The average Bonchev–Trinajstić information content (AvgIpc) is 2.40. The van der Waals surface area contributed by atoms with Gasteiger partial charge in [0, 0.05) is 12.1 Å². The van der Waals surface area contributed by atoms with Crippen molar-refractivity contribution in [1.29, 1.82) is 0 Å². The molecule has 0 bridgehead atoms. The van der Waals surface area contributed by atoms with E-state index in [9.17, 15) is 0 Å². The summed E-state index contributed by atoms with van der Waals surface area (Å²) in [6.45, 7) is 7.72. The highest BCUT2D eigenvalue weighted by atomic mass is 35.5. The van der Waals surface area contributed by atoms with Gasteiger partial charge in [0.15, 0.2) is 0 Å². The number of hydrogen-bond acceptors (Lipinski definition) is 3. The summed E-state index contributed by atoms with van der Waals surface area (Å²) in [5.74, 6) is 0. The average molecular weight is 293 g/mol. The third-order valence-electron chi connectivity index (χ3n) is 2.61. The first-order valence-electron chi connectivity index (χ1n) is 5.87. The number of rotatable bonds is 8. The van der Waals surface area contributed by atoms with Crippen LogP contribution in [0.4, 0.5) is 0 Å². The van der Waals surface area contributed by atoms with E-state index in [0.29, 0.717) is 12.9 Å². The van der Waals surface area contributed by atoms with Crippen molar-refractivity contribution in [1.82, 2.24) is 4.90 Å². The Balaban J connectivity index is 0.00000289. The first-order chi connectivity index (χ1) is 8.31. The van der Waals surface area contributed by atoms with Gasteiger partial charge in [-0.05, 0) is 13.1 Å². The number of ether oxygens (including phenoxy) is 1. The number of hydrogen-bond donors (Lipinski definition) is 0. The van der Waals surface area contributed by atoms with E-state index in [1.807, 2.05) is 30.3 Å². The van der Waals surface area contributed by atoms with Crippen molar-refractivity contribution >= 4 is 24.3 Å². The summed E-state index contributed by atoms with van der Waals surface area (Å²) in [5.41, 5.74) is 0.849. The van der Waals surface area contributed by atoms with Gasteiger partial charge < -0.3 is 9.64 Å². The molecular formula is C13H20Cl2NO2. The Hall–Kier alpha value is -0.320. The maximum atomic E-state index is 5.53. The minimum absolute atomic E-state index is 0. The van der Waals surface area contributed by atoms with E-state index in [4.69, 9.17) is 20.9 Å². The SMILES string of the molecule is CCN(CC)CCO[C](OCl)c1ccccc1.Cl. The lowest BCUT2D eigenvalue weighted by molar-refractivity contribution is 0.0370. The van der Waals surface area contributed by atoms with Gasteiger partial charge >= 0.3 is 0 Å². The van der Waals surface area contributed by atoms with Crippen molar-refractivity contribution in [3.63, 3.8) is 0 Å². The van der Waals surface area contributed by atoms with Crippen molar-refractivity contribution in [2.75, 3.05) is 26.2 Å². The van der Waals surface area contributed by atoms with E-state index in [2.05, 4.69) is 18.7 Å². The molecule has 103 valence electrons. The van der Waals surface area contributed by atoms with E-state index < -0.39 is 0 Å². The summed E-state index contributed by atoms with van der Waals surface area (Å²) in [7, 11) is 0. The molecule has 1 rings (SSSR count). The van der Waals surface area contributed by atoms with Crippen LogP contribution < -0.4 is 0 Å². The highest BCUT2D eigenvalue weighted by molar-refractivity contribution is 6.07. The second-order valence-electron chi connectivity index (χ2n) is 3.61. The fourth-order valence-electron chi connectivity index (χ4n) is 1.53. The van der Waals surface area contributed by atoms with Gasteiger partial charge in [-0.2, -0.15) is 0 Å². The Morgan fingerprint density at radius 2 is 1.78 bits per heavy atom. The van der Waals surface area contributed by atoms with Gasteiger partial charge in [-0.15, -0.1) is 12.4 Å². The van der Waals surface area contributed by atoms with Crippen LogP contribution in [0.5, 0.6) is 0 Å². The number of halogens is 2. The predicted molar refractivity (Wildman–Crippen MR) is 76.7 cm³/mol. The summed E-state index contributed by atoms with van der Waals surface area (Å²) >= 11 is 5.41. The normalized spacial score (nSPS) is 10.7. The van der Waals surface area contributed by atoms with Crippen LogP contribution in [0.1, 0.15) is 19.4 Å². The Bertz CT molecular complexity index is 294. The predicted octanol–water partition coefficient (Wildman–Crippen LogP) is 3.47. The number of nitrogens with zero attached hydrogens (tertiary/aromatic N) is 1. The zero-order valence-corrected chi connectivity index (χ0v) is 12.3. The molecule has 1 radical (unpaired) electrons. The standard InChI is InChI=1S/C13H19ClNO2.ClH/c1-3-15(4-2)10-11-16-13(17-14)12-8-6-5-7-9-12;/h5-9H,3-4,10-11H2,1-2H3;1H. The van der Waals surface area contributed by atoms with Crippen LogP contribution in [0.2, 0.25) is 0 Å². The molecular weight excluding hydrogens is 273 g/mol. The third kappa shape index (κ3) is 6.03. The minimum Gasteiger partial charge on any atom is -0.339 e. The molecule has 3 nitrogen and oxygen atoms in total. The van der Waals surface area contributed by atoms with Gasteiger partial charge in [0.2, 0.25) is 0 Å². The molecule has 0 heterocycles. The molecule has 0 aliphatic heterocycles. The van der Waals surface area contributed by atoms with Crippen LogP contribution in [0, 0.1) is 6.29 Å². The minimum atomic E-state index is 0. The largest absolute Gasteiger partial charge is 0.339 e. The van der Waals surface area contributed by atoms with Crippen LogP contribution in [0.3, 0.4) is 0 Å². The zero-order chi connectivity index (χ0) is 12.5. The van der Waals surface area contributed by atoms with E-state index in [-0.39, 0.29) is 12.4 Å². The summed E-state index contributed by atoms with van der Waals surface area (Å²) < 4.78 is 10.3. The van der Waals surface area contributed by atoms with Gasteiger partial charge in [0.25, 0.3) is 6.29 Å². The Morgan fingerprint density at radius 1 is 1.17 bits per heavy atom. The molecule has 0 aliphatic rings. The highest BCUT2D eigenvalue weighted by Gasteiger charge is 2.14. The summed E-state index contributed by atoms with van der Waals surface area (Å²) in [6.07, 6.45) is 0.361. The monoisotopic (exact) mass is 292 g/mol. The van der Waals surface area contributed by atoms with Crippen LogP contribution >= 0.6 is 24.3 Å². The topological polar surface area (TPSA) is 21.7 Å². The molecule has 1 aromatic rings. The highest BCUT2D eigenvalue weighted by Crippen LogP contribution is 2.18. The molecule has 0 spiro atoms. The number of benzene rings is 1. The molecule has 0 amide bonds. The molecule has 1 aromatic carbocycles. The van der Waals surface area contributed by atoms with Gasteiger partial charge in [0.05, 0.1) is 18.5 Å². The lowest BCUT2D eigenvalue weighted by Crippen LogP contribution is -2.27. The van der Waals surface area contributed by atoms with Gasteiger partial charge in [0.1, 0.15) is 0 Å². The summed E-state index contributed by atoms with van der Waals surface area (Å²) in [5, 5.41) is 0. The maximum Gasteiger partial charge on any atom is 0.274 e. The molecule has 5 heteroatoms. The summed E-state index contributed by atoms with van der Waals surface area (Å²) in [6, 6.07) is 9.56. The Morgan fingerprint density at radius 3 is 2.28 bits per heavy atom. The van der Waals surface area contributed by atoms with Crippen molar-refractivity contribution in [2.45, 2.75) is 13.8 Å². The molecule has 0 aliphatic carbocycles. The first kappa shape index (κ1) is 17.7. The quantitative estimate of drug-likeness (QED) is 0.732. The van der Waals surface area contributed by atoms with Crippen LogP contribution in [-0.2, 0) is 9.03 Å². The molecule has 0 saturated heterocycles. The van der Waals surface area contributed by atoms with Crippen LogP contribution in [-0.4, -0.2) is 31.1 Å².